The molecule has 9 heteroatoms. The zero-order valence-electron chi connectivity index (χ0n) is 18.6. The van der Waals surface area contributed by atoms with Gasteiger partial charge in [-0.15, -0.1) is 0 Å². The maximum atomic E-state index is 13.3. The molecule has 0 spiro atoms. The summed E-state index contributed by atoms with van der Waals surface area (Å²) in [6.07, 6.45) is 3.24. The van der Waals surface area contributed by atoms with E-state index in [0.717, 1.165) is 34.7 Å². The summed E-state index contributed by atoms with van der Waals surface area (Å²) in [4.78, 5) is 13.3. The van der Waals surface area contributed by atoms with Gasteiger partial charge in [0.2, 0.25) is 15.9 Å². The van der Waals surface area contributed by atoms with Gasteiger partial charge in [0.1, 0.15) is 17.4 Å². The summed E-state index contributed by atoms with van der Waals surface area (Å²) in [5.74, 6) is 0.328. The number of carbonyl (C=O) groups is 1. The van der Waals surface area contributed by atoms with Crippen molar-refractivity contribution < 1.29 is 17.9 Å². The van der Waals surface area contributed by atoms with Crippen LogP contribution in [-0.2, 0) is 14.8 Å². The van der Waals surface area contributed by atoms with Crippen molar-refractivity contribution in [1.82, 2.24) is 5.32 Å². The third kappa shape index (κ3) is 5.00. The normalized spacial score (nSPS) is 18.2. The van der Waals surface area contributed by atoms with Crippen molar-refractivity contribution in [3.63, 3.8) is 0 Å². The first-order valence-corrected chi connectivity index (χ1v) is 13.1. The van der Waals surface area contributed by atoms with Gasteiger partial charge in [-0.25, -0.2) is 8.42 Å². The molecule has 0 fully saturated rings. The minimum atomic E-state index is -3.78. The molecule has 0 bridgehead atoms. The molecule has 0 aromatic heterocycles. The molecule has 1 N–H and O–H groups in total. The fourth-order valence-corrected chi connectivity index (χ4v) is 5.61. The van der Waals surface area contributed by atoms with Gasteiger partial charge in [-0.1, -0.05) is 55.2 Å². The third-order valence-corrected chi connectivity index (χ3v) is 8.03. The van der Waals surface area contributed by atoms with Crippen molar-refractivity contribution in [3.05, 3.63) is 58.1 Å². The van der Waals surface area contributed by atoms with Gasteiger partial charge in [0, 0.05) is 12.0 Å². The number of hydrogen-bond donors (Lipinski definition) is 1. The molecule has 1 heterocycles. The van der Waals surface area contributed by atoms with Crippen LogP contribution in [0.3, 0.4) is 0 Å². The van der Waals surface area contributed by atoms with Gasteiger partial charge in [0.25, 0.3) is 0 Å². The Morgan fingerprint density at radius 3 is 2.44 bits per heavy atom. The Balaban J connectivity index is 1.92. The number of nitrogens with zero attached hydrogens (tertiary/aromatic N) is 1. The van der Waals surface area contributed by atoms with E-state index in [1.54, 1.807) is 6.92 Å². The molecule has 174 valence electrons. The number of benzene rings is 2. The van der Waals surface area contributed by atoms with Gasteiger partial charge in [-0.2, -0.15) is 0 Å². The van der Waals surface area contributed by atoms with Crippen molar-refractivity contribution in [2.75, 3.05) is 10.6 Å². The predicted octanol–water partition coefficient (Wildman–Crippen LogP) is 5.35. The fourth-order valence-electron chi connectivity index (χ4n) is 4.15. The highest BCUT2D eigenvalue weighted by Crippen LogP contribution is 2.42. The van der Waals surface area contributed by atoms with Crippen LogP contribution >= 0.6 is 23.2 Å². The Morgan fingerprint density at radius 2 is 1.84 bits per heavy atom. The quantitative estimate of drug-likeness (QED) is 0.558. The van der Waals surface area contributed by atoms with Crippen LogP contribution in [0.1, 0.15) is 51.6 Å². The third-order valence-electron chi connectivity index (χ3n) is 6.05. The molecule has 3 rings (SSSR count). The van der Waals surface area contributed by atoms with Crippen LogP contribution in [0.5, 0.6) is 5.75 Å². The van der Waals surface area contributed by atoms with Gasteiger partial charge in [-0.3, -0.25) is 9.10 Å². The summed E-state index contributed by atoms with van der Waals surface area (Å²) in [5, 5.41) is 3.57. The van der Waals surface area contributed by atoms with Crippen LogP contribution in [0, 0.1) is 0 Å². The van der Waals surface area contributed by atoms with E-state index in [-0.39, 0.29) is 16.8 Å². The zero-order valence-corrected chi connectivity index (χ0v) is 20.9. The second-order valence-corrected chi connectivity index (χ2v) is 10.8. The minimum Gasteiger partial charge on any atom is -0.487 e. The Labute approximate surface area is 199 Å². The smallest absolute Gasteiger partial charge is 0.244 e. The lowest BCUT2D eigenvalue weighted by molar-refractivity contribution is -0.123. The number of nitrogens with one attached hydrogen (secondary N) is 1. The van der Waals surface area contributed by atoms with E-state index >= 15 is 0 Å². The van der Waals surface area contributed by atoms with E-state index in [4.69, 9.17) is 27.9 Å². The van der Waals surface area contributed by atoms with Gasteiger partial charge in [0.15, 0.2) is 0 Å². The maximum absolute atomic E-state index is 13.3. The van der Waals surface area contributed by atoms with Gasteiger partial charge in [0.05, 0.1) is 28.0 Å². The lowest BCUT2D eigenvalue weighted by Gasteiger charge is -2.42. The van der Waals surface area contributed by atoms with E-state index in [2.05, 4.69) is 19.2 Å². The molecule has 2 atom stereocenters. The maximum Gasteiger partial charge on any atom is 0.244 e. The molecule has 0 saturated heterocycles. The van der Waals surface area contributed by atoms with Crippen LogP contribution in [0.4, 0.5) is 5.69 Å². The number of hydrogen-bond acceptors (Lipinski definition) is 4. The number of anilines is 1. The largest absolute Gasteiger partial charge is 0.487 e. The highest BCUT2D eigenvalue weighted by molar-refractivity contribution is 7.92. The topological polar surface area (TPSA) is 75.7 Å². The highest BCUT2D eigenvalue weighted by atomic mass is 35.5. The van der Waals surface area contributed by atoms with E-state index in [1.165, 1.54) is 18.2 Å². The summed E-state index contributed by atoms with van der Waals surface area (Å²) in [6.45, 7) is 5.68. The average molecular weight is 499 g/mol. The molecule has 0 radical (unpaired) electrons. The Morgan fingerprint density at radius 1 is 1.19 bits per heavy atom. The summed E-state index contributed by atoms with van der Waals surface area (Å²) >= 11 is 12.1. The zero-order chi connectivity index (χ0) is 23.7. The first-order chi connectivity index (χ1) is 15.0. The fraction of sp³-hybridized carbons (Fsp3) is 0.435. The number of rotatable bonds is 7. The van der Waals surface area contributed by atoms with E-state index in [1.807, 2.05) is 24.3 Å². The number of sulfonamides is 1. The van der Waals surface area contributed by atoms with Crippen LogP contribution in [-0.4, -0.2) is 32.2 Å². The summed E-state index contributed by atoms with van der Waals surface area (Å²) in [5.41, 5.74) is 0.759. The molecule has 2 aromatic rings. The second-order valence-electron chi connectivity index (χ2n) is 8.13. The second kappa shape index (κ2) is 9.49. The van der Waals surface area contributed by atoms with Gasteiger partial charge >= 0.3 is 0 Å². The van der Waals surface area contributed by atoms with Crippen LogP contribution < -0.4 is 14.4 Å². The summed E-state index contributed by atoms with van der Waals surface area (Å²) in [7, 11) is -3.78. The Kier molecular flexibility index (Phi) is 7.32. The monoisotopic (exact) mass is 498 g/mol. The minimum absolute atomic E-state index is 0.208. The lowest BCUT2D eigenvalue weighted by Crippen LogP contribution is -2.51. The molecule has 0 aliphatic carbocycles. The first-order valence-electron chi connectivity index (χ1n) is 10.5. The SMILES string of the molecule is CCC1(CC)C[C@H](NC(=O)[C@@H](C)N(c2ccc(Cl)c(Cl)c2)S(C)(=O)=O)c2ccccc2O1. The molecular weight excluding hydrogens is 471 g/mol. The molecule has 1 aliphatic heterocycles. The number of ether oxygens (including phenoxy) is 1. The molecule has 0 saturated carbocycles. The van der Waals surface area contributed by atoms with Crippen LogP contribution in [0.2, 0.25) is 10.0 Å². The van der Waals surface area contributed by atoms with Crippen molar-refractivity contribution in [2.24, 2.45) is 0 Å². The lowest BCUT2D eigenvalue weighted by atomic mass is 9.83. The van der Waals surface area contributed by atoms with Crippen molar-refractivity contribution in [2.45, 2.75) is 57.7 Å². The Bertz CT molecular complexity index is 1100. The van der Waals surface area contributed by atoms with Crippen molar-refractivity contribution >= 4 is 44.8 Å². The van der Waals surface area contributed by atoms with Gasteiger partial charge in [-0.05, 0) is 44.0 Å². The molecule has 2 aromatic carbocycles. The van der Waals surface area contributed by atoms with Crippen LogP contribution in [0.25, 0.3) is 0 Å². The number of carbonyl (C=O) groups excluding carboxylic acids is 1. The Hall–Kier alpha value is -1.96. The molecule has 0 unspecified atom stereocenters. The number of fused-ring (bicyclic) bond motifs is 1. The molecule has 1 amide bonds. The van der Waals surface area contributed by atoms with E-state index in [0.29, 0.717) is 11.4 Å². The number of halogens is 2. The highest BCUT2D eigenvalue weighted by Gasteiger charge is 2.40. The average Bonchev–Trinajstić information content (AvgIpc) is 2.75. The standard InChI is InChI=1S/C23H28Cl2N2O4S/c1-5-23(6-2)14-20(17-9-7-8-10-21(17)31-23)26-22(28)15(3)27(32(4,29)30)16-11-12-18(24)19(25)13-16/h7-13,15,20H,5-6,14H2,1-4H3,(H,26,28)/t15-,20+/m1/s1. The van der Waals surface area contributed by atoms with Crippen molar-refractivity contribution in [3.8, 4) is 5.75 Å². The van der Waals surface area contributed by atoms with Crippen molar-refractivity contribution in [1.29, 1.82) is 0 Å². The molecular formula is C23H28Cl2N2O4S. The van der Waals surface area contributed by atoms with E-state index < -0.39 is 27.6 Å². The predicted molar refractivity (Wildman–Crippen MR) is 129 cm³/mol. The van der Waals surface area contributed by atoms with Crippen LogP contribution in [0.15, 0.2) is 42.5 Å². The molecule has 1 aliphatic rings. The molecule has 32 heavy (non-hydrogen) atoms. The number of amides is 1. The summed E-state index contributed by atoms with van der Waals surface area (Å²) in [6, 6.07) is 10.8. The number of para-hydroxylation sites is 1. The first kappa shape index (κ1) is 24.7. The van der Waals surface area contributed by atoms with E-state index in [9.17, 15) is 13.2 Å². The summed E-state index contributed by atoms with van der Waals surface area (Å²) < 4.78 is 32.6. The van der Waals surface area contributed by atoms with Gasteiger partial charge < -0.3 is 10.1 Å². The molecule has 6 nitrogen and oxygen atoms in total.